The number of fused-ring (bicyclic) bond motifs is 3. The number of hydrogen-bond donors (Lipinski definition) is 0. The summed E-state index contributed by atoms with van der Waals surface area (Å²) in [6.07, 6.45) is 11.9. The van der Waals surface area contributed by atoms with Crippen LogP contribution in [0.5, 0.6) is 0 Å². The molecule has 1 aromatic heterocycles. The molecular weight excluding hydrogens is 536 g/mol. The number of ether oxygens (including phenoxy) is 2. The third kappa shape index (κ3) is 9.19. The molecule has 2 aliphatic rings. The fraction of sp³-hybridized carbons (Fsp3) is 0.455. The van der Waals surface area contributed by atoms with Gasteiger partial charge in [0.25, 0.3) is 5.91 Å². The van der Waals surface area contributed by atoms with Gasteiger partial charge in [-0.3, -0.25) is 19.4 Å². The molecule has 42 heavy (non-hydrogen) atoms. The molecule has 2 atom stereocenters. The number of amides is 1. The number of pyridine rings is 1. The summed E-state index contributed by atoms with van der Waals surface area (Å²) in [7, 11) is 0. The Hall–Kier alpha value is -4.14. The van der Waals surface area contributed by atoms with Gasteiger partial charge in [-0.15, -0.1) is 0 Å². The molecule has 1 unspecified atom stereocenters. The lowest BCUT2D eigenvalue weighted by atomic mass is 9.99. The zero-order valence-corrected chi connectivity index (χ0v) is 23.9. The van der Waals surface area contributed by atoms with Crippen LogP contribution in [0.3, 0.4) is 0 Å². The highest BCUT2D eigenvalue weighted by Gasteiger charge is 2.37. The van der Waals surface area contributed by atoms with Crippen LogP contribution in [0.25, 0.3) is 6.08 Å². The maximum Gasteiger partial charge on any atom is 0.330 e. The molecule has 4 rings (SSSR count). The van der Waals surface area contributed by atoms with E-state index in [4.69, 9.17) is 9.47 Å². The van der Waals surface area contributed by atoms with Crippen LogP contribution in [-0.2, 0) is 35.1 Å². The molecule has 2 aromatic rings. The molecule has 0 radical (unpaired) electrons. The van der Waals surface area contributed by atoms with Gasteiger partial charge in [0.1, 0.15) is 17.9 Å². The highest BCUT2D eigenvalue weighted by atomic mass is 16.5. The van der Waals surface area contributed by atoms with Crippen molar-refractivity contribution >= 4 is 35.5 Å². The number of carbonyl (C=O) groups excluding carboxylic acids is 5. The second-order valence-corrected chi connectivity index (χ2v) is 10.8. The summed E-state index contributed by atoms with van der Waals surface area (Å²) in [4.78, 5) is 70.2. The van der Waals surface area contributed by atoms with Gasteiger partial charge in [0.2, 0.25) is 5.78 Å². The van der Waals surface area contributed by atoms with E-state index in [2.05, 4.69) is 4.98 Å². The van der Waals surface area contributed by atoms with Crippen LogP contribution in [0.2, 0.25) is 0 Å². The van der Waals surface area contributed by atoms with E-state index in [1.54, 1.807) is 30.6 Å². The largest absolute Gasteiger partial charge is 0.463 e. The Kier molecular flexibility index (Phi) is 11.6. The average Bonchev–Trinajstić information content (AvgIpc) is 3.01. The first-order chi connectivity index (χ1) is 20.4. The van der Waals surface area contributed by atoms with Crippen molar-refractivity contribution in [1.29, 1.82) is 0 Å². The van der Waals surface area contributed by atoms with E-state index in [-0.39, 0.29) is 24.5 Å². The number of aryl methyl sites for hydroxylation is 1. The molecule has 2 bridgehead atoms. The number of Topliss-reactive ketones (excluding diaryl/α,β-unsaturated/α-hetero) is 2. The predicted octanol–water partition coefficient (Wildman–Crippen LogP) is 4.67. The lowest BCUT2D eigenvalue weighted by molar-refractivity contribution is -0.160. The highest BCUT2D eigenvalue weighted by molar-refractivity contribution is 6.43. The van der Waals surface area contributed by atoms with Crippen LogP contribution in [0.15, 0.2) is 54.9 Å². The van der Waals surface area contributed by atoms with Gasteiger partial charge in [-0.2, -0.15) is 0 Å². The molecule has 0 saturated carbocycles. The summed E-state index contributed by atoms with van der Waals surface area (Å²) in [5.41, 5.74) is 1.75. The third-order valence-corrected chi connectivity index (χ3v) is 7.63. The molecule has 0 N–H and O–H groups in total. The number of cyclic esters (lactones) is 2. The van der Waals surface area contributed by atoms with Crippen molar-refractivity contribution in [2.24, 2.45) is 0 Å². The fourth-order valence-electron chi connectivity index (χ4n) is 5.30. The van der Waals surface area contributed by atoms with Crippen molar-refractivity contribution in [2.45, 2.75) is 82.8 Å². The normalized spacial score (nSPS) is 22.7. The molecule has 0 spiro atoms. The number of benzene rings is 1. The Morgan fingerprint density at radius 3 is 2.57 bits per heavy atom. The van der Waals surface area contributed by atoms with Crippen molar-refractivity contribution in [3.8, 4) is 0 Å². The highest BCUT2D eigenvalue weighted by Crippen LogP contribution is 2.23. The summed E-state index contributed by atoms with van der Waals surface area (Å²) in [6.45, 7) is 0.484. The molecule has 1 aromatic carbocycles. The van der Waals surface area contributed by atoms with Gasteiger partial charge >= 0.3 is 11.9 Å². The first-order valence-electron chi connectivity index (χ1n) is 14.8. The standard InChI is InChI=1S/C33H38N2O7/c36-27-11-2-4-21-41-30(37)18-16-24-8-5-10-26(22-24)31(38)32(39)35-20-3-1-14-29(35)33(40)42-28(13-6-12-27)17-15-25-9-7-19-34-23-25/h5,7-10,16,18-19,22-23,28-29H,1-4,6,11-15,17,20-21H2/b18-16+/t28?,29-/m0/s1. The van der Waals surface area contributed by atoms with Crippen molar-refractivity contribution in [3.63, 3.8) is 0 Å². The number of esters is 2. The number of rotatable bonds is 3. The number of aromatic nitrogens is 1. The minimum Gasteiger partial charge on any atom is -0.463 e. The minimum atomic E-state index is -0.853. The number of nitrogens with zero attached hydrogens (tertiary/aromatic N) is 2. The quantitative estimate of drug-likeness (QED) is 0.383. The maximum atomic E-state index is 13.5. The van der Waals surface area contributed by atoms with Crippen LogP contribution in [0, 0.1) is 0 Å². The SMILES string of the molecule is O=C1CCCCOC(=O)/C=C/c2cccc(c2)C(=O)C(=O)N2CCCC[C@H]2C(=O)OC(CCc2cccnc2)CCC1. The first-order valence-corrected chi connectivity index (χ1v) is 14.8. The monoisotopic (exact) mass is 574 g/mol. The second-order valence-electron chi connectivity index (χ2n) is 10.8. The molecule has 0 aliphatic carbocycles. The molecule has 1 fully saturated rings. The fourth-order valence-corrected chi connectivity index (χ4v) is 5.30. The zero-order chi connectivity index (χ0) is 29.7. The number of piperidine rings is 1. The van der Waals surface area contributed by atoms with E-state index >= 15 is 0 Å². The zero-order valence-electron chi connectivity index (χ0n) is 23.9. The van der Waals surface area contributed by atoms with Gasteiger partial charge in [0, 0.05) is 43.4 Å². The summed E-state index contributed by atoms with van der Waals surface area (Å²) >= 11 is 0. The Morgan fingerprint density at radius 2 is 1.74 bits per heavy atom. The van der Waals surface area contributed by atoms with Gasteiger partial charge in [0.15, 0.2) is 0 Å². The summed E-state index contributed by atoms with van der Waals surface area (Å²) in [5, 5.41) is 0. The lowest BCUT2D eigenvalue weighted by Gasteiger charge is -2.34. The summed E-state index contributed by atoms with van der Waals surface area (Å²) < 4.78 is 11.2. The van der Waals surface area contributed by atoms with Gasteiger partial charge < -0.3 is 14.4 Å². The molecule has 9 heteroatoms. The van der Waals surface area contributed by atoms with Crippen LogP contribution in [0.4, 0.5) is 0 Å². The van der Waals surface area contributed by atoms with E-state index < -0.39 is 35.8 Å². The maximum absolute atomic E-state index is 13.5. The van der Waals surface area contributed by atoms with Crippen molar-refractivity contribution in [1.82, 2.24) is 9.88 Å². The lowest BCUT2D eigenvalue weighted by Crippen LogP contribution is -2.51. The van der Waals surface area contributed by atoms with Crippen molar-refractivity contribution in [3.05, 3.63) is 71.6 Å². The van der Waals surface area contributed by atoms with Gasteiger partial charge in [0.05, 0.1) is 6.61 Å². The van der Waals surface area contributed by atoms with E-state index in [1.165, 1.54) is 23.1 Å². The first kappa shape index (κ1) is 30.8. The van der Waals surface area contributed by atoms with E-state index in [1.807, 2.05) is 12.1 Å². The number of carbonyl (C=O) groups is 5. The molecule has 9 nitrogen and oxygen atoms in total. The molecule has 2 aliphatic heterocycles. The Bertz CT molecular complexity index is 1290. The van der Waals surface area contributed by atoms with Crippen molar-refractivity contribution < 1.29 is 33.4 Å². The summed E-state index contributed by atoms with van der Waals surface area (Å²) in [5.74, 6) is -2.40. The average molecular weight is 575 g/mol. The van der Waals surface area contributed by atoms with E-state index in [0.717, 1.165) is 12.0 Å². The number of hydrogen-bond acceptors (Lipinski definition) is 8. The molecule has 222 valence electrons. The predicted molar refractivity (Wildman–Crippen MR) is 155 cm³/mol. The third-order valence-electron chi connectivity index (χ3n) is 7.63. The van der Waals surface area contributed by atoms with Gasteiger partial charge in [-0.1, -0.05) is 24.3 Å². The smallest absolute Gasteiger partial charge is 0.330 e. The van der Waals surface area contributed by atoms with Crippen LogP contribution < -0.4 is 0 Å². The van der Waals surface area contributed by atoms with Crippen LogP contribution in [-0.4, -0.2) is 64.6 Å². The van der Waals surface area contributed by atoms with Gasteiger partial charge in [-0.25, -0.2) is 9.59 Å². The minimum absolute atomic E-state index is 0.114. The van der Waals surface area contributed by atoms with Crippen molar-refractivity contribution in [2.75, 3.05) is 13.2 Å². The second kappa shape index (κ2) is 15.7. The molecule has 1 saturated heterocycles. The topological polar surface area (TPSA) is 120 Å². The molecule has 1 amide bonds. The van der Waals surface area contributed by atoms with E-state index in [0.29, 0.717) is 69.8 Å². The Morgan fingerprint density at radius 1 is 0.881 bits per heavy atom. The van der Waals surface area contributed by atoms with Crippen LogP contribution >= 0.6 is 0 Å². The Labute approximate surface area is 246 Å². The molecule has 3 heterocycles. The summed E-state index contributed by atoms with van der Waals surface area (Å²) in [6, 6.07) is 9.39. The molecular formula is C33H38N2O7. The van der Waals surface area contributed by atoms with Gasteiger partial charge in [-0.05, 0) is 87.1 Å². The Balaban J connectivity index is 1.54. The van der Waals surface area contributed by atoms with Crippen LogP contribution in [0.1, 0.15) is 85.7 Å². The van der Waals surface area contributed by atoms with E-state index in [9.17, 15) is 24.0 Å². The number of ketones is 2.